The maximum absolute atomic E-state index is 10.7. The van der Waals surface area contributed by atoms with E-state index >= 15 is 0 Å². The SMILES string of the molecule is Cc1cc(NCC(O)C(C)C)cc([N+](=O)[O-])c1. The lowest BCUT2D eigenvalue weighted by Crippen LogP contribution is -2.24. The Kier molecular flexibility index (Phi) is 4.45. The molecule has 0 saturated carbocycles. The smallest absolute Gasteiger partial charge is 0.271 e. The first-order valence-corrected chi connectivity index (χ1v) is 5.58. The summed E-state index contributed by atoms with van der Waals surface area (Å²) in [6.07, 6.45) is -0.463. The molecule has 0 amide bonds. The number of aliphatic hydroxyl groups is 1. The minimum atomic E-state index is -0.463. The summed E-state index contributed by atoms with van der Waals surface area (Å²) in [5, 5.41) is 23.3. The van der Waals surface area contributed by atoms with Gasteiger partial charge in [-0.15, -0.1) is 0 Å². The number of nitrogens with zero attached hydrogens (tertiary/aromatic N) is 1. The van der Waals surface area contributed by atoms with Gasteiger partial charge in [-0.05, 0) is 24.5 Å². The number of non-ortho nitro benzene ring substituents is 1. The Balaban J connectivity index is 2.74. The molecule has 1 aromatic carbocycles. The molecule has 0 aliphatic rings. The third-order valence-electron chi connectivity index (χ3n) is 2.56. The Morgan fingerprint density at radius 3 is 2.59 bits per heavy atom. The molecular weight excluding hydrogens is 220 g/mol. The Morgan fingerprint density at radius 2 is 2.06 bits per heavy atom. The highest BCUT2D eigenvalue weighted by atomic mass is 16.6. The number of aliphatic hydroxyl groups excluding tert-OH is 1. The molecule has 0 radical (unpaired) electrons. The molecule has 17 heavy (non-hydrogen) atoms. The van der Waals surface area contributed by atoms with Crippen LogP contribution in [0.3, 0.4) is 0 Å². The third-order valence-corrected chi connectivity index (χ3v) is 2.56. The summed E-state index contributed by atoms with van der Waals surface area (Å²) in [5.74, 6) is 0.155. The summed E-state index contributed by atoms with van der Waals surface area (Å²) in [4.78, 5) is 10.3. The highest BCUT2D eigenvalue weighted by Crippen LogP contribution is 2.20. The maximum Gasteiger partial charge on any atom is 0.271 e. The van der Waals surface area contributed by atoms with E-state index in [0.29, 0.717) is 12.2 Å². The minimum Gasteiger partial charge on any atom is -0.391 e. The van der Waals surface area contributed by atoms with Gasteiger partial charge in [-0.25, -0.2) is 0 Å². The molecular formula is C12H18N2O3. The largest absolute Gasteiger partial charge is 0.391 e. The summed E-state index contributed by atoms with van der Waals surface area (Å²) < 4.78 is 0. The van der Waals surface area contributed by atoms with Crippen molar-refractivity contribution in [3.63, 3.8) is 0 Å². The highest BCUT2D eigenvalue weighted by molar-refractivity contribution is 5.53. The fourth-order valence-corrected chi connectivity index (χ4v) is 1.43. The van der Waals surface area contributed by atoms with Crippen LogP contribution in [0.2, 0.25) is 0 Å². The zero-order valence-corrected chi connectivity index (χ0v) is 10.3. The van der Waals surface area contributed by atoms with Crippen LogP contribution in [0.5, 0.6) is 0 Å². The summed E-state index contributed by atoms with van der Waals surface area (Å²) in [6.45, 7) is 6.03. The zero-order valence-electron chi connectivity index (χ0n) is 10.3. The van der Waals surface area contributed by atoms with Crippen LogP contribution in [0.15, 0.2) is 18.2 Å². The fourth-order valence-electron chi connectivity index (χ4n) is 1.43. The van der Waals surface area contributed by atoms with Crippen molar-refractivity contribution < 1.29 is 10.0 Å². The predicted molar refractivity (Wildman–Crippen MR) is 67.2 cm³/mol. The van der Waals surface area contributed by atoms with Crippen molar-refractivity contribution in [3.05, 3.63) is 33.9 Å². The van der Waals surface area contributed by atoms with E-state index in [1.807, 2.05) is 19.9 Å². The van der Waals surface area contributed by atoms with E-state index in [1.54, 1.807) is 6.92 Å². The van der Waals surface area contributed by atoms with E-state index in [9.17, 15) is 15.2 Å². The van der Waals surface area contributed by atoms with E-state index in [1.165, 1.54) is 12.1 Å². The van der Waals surface area contributed by atoms with Crippen molar-refractivity contribution in [3.8, 4) is 0 Å². The molecule has 0 aromatic heterocycles. The van der Waals surface area contributed by atoms with Gasteiger partial charge in [0.15, 0.2) is 0 Å². The van der Waals surface area contributed by atoms with Crippen LogP contribution in [0.25, 0.3) is 0 Å². The van der Waals surface area contributed by atoms with Crippen molar-refractivity contribution in [2.45, 2.75) is 26.9 Å². The normalized spacial score (nSPS) is 12.5. The van der Waals surface area contributed by atoms with Gasteiger partial charge in [0.1, 0.15) is 0 Å². The molecule has 1 aromatic rings. The van der Waals surface area contributed by atoms with Gasteiger partial charge in [-0.2, -0.15) is 0 Å². The van der Waals surface area contributed by atoms with E-state index in [-0.39, 0.29) is 11.6 Å². The number of hydrogen-bond acceptors (Lipinski definition) is 4. The summed E-state index contributed by atoms with van der Waals surface area (Å²) in [6, 6.07) is 4.81. The van der Waals surface area contributed by atoms with E-state index in [2.05, 4.69) is 5.32 Å². The lowest BCUT2D eigenvalue weighted by molar-refractivity contribution is -0.384. The molecule has 94 valence electrons. The molecule has 1 rings (SSSR count). The molecule has 0 spiro atoms. The average molecular weight is 238 g/mol. The van der Waals surface area contributed by atoms with Crippen LogP contribution >= 0.6 is 0 Å². The molecule has 0 aliphatic heterocycles. The molecule has 2 N–H and O–H groups in total. The first-order valence-electron chi connectivity index (χ1n) is 5.58. The molecule has 0 aliphatic carbocycles. The van der Waals surface area contributed by atoms with Gasteiger partial charge in [0.25, 0.3) is 5.69 Å². The van der Waals surface area contributed by atoms with Crippen LogP contribution in [0, 0.1) is 23.0 Å². The molecule has 1 unspecified atom stereocenters. The number of nitro benzene ring substituents is 1. The van der Waals surface area contributed by atoms with Crippen molar-refractivity contribution in [2.24, 2.45) is 5.92 Å². The Bertz CT molecular complexity index is 405. The van der Waals surface area contributed by atoms with Gasteiger partial charge < -0.3 is 10.4 Å². The van der Waals surface area contributed by atoms with Crippen molar-refractivity contribution in [1.82, 2.24) is 0 Å². The Hall–Kier alpha value is -1.62. The van der Waals surface area contributed by atoms with Crippen LogP contribution < -0.4 is 5.32 Å². The number of rotatable bonds is 5. The van der Waals surface area contributed by atoms with Crippen LogP contribution in [0.1, 0.15) is 19.4 Å². The lowest BCUT2D eigenvalue weighted by atomic mass is 10.1. The highest BCUT2D eigenvalue weighted by Gasteiger charge is 2.11. The monoisotopic (exact) mass is 238 g/mol. The van der Waals surface area contributed by atoms with E-state index < -0.39 is 11.0 Å². The lowest BCUT2D eigenvalue weighted by Gasteiger charge is -2.16. The molecule has 5 nitrogen and oxygen atoms in total. The van der Waals surface area contributed by atoms with Gasteiger partial charge in [-0.3, -0.25) is 10.1 Å². The van der Waals surface area contributed by atoms with Crippen molar-refractivity contribution in [1.29, 1.82) is 0 Å². The van der Waals surface area contributed by atoms with Crippen molar-refractivity contribution >= 4 is 11.4 Å². The summed E-state index contributed by atoms with van der Waals surface area (Å²) >= 11 is 0. The molecule has 1 atom stereocenters. The zero-order chi connectivity index (χ0) is 13.0. The topological polar surface area (TPSA) is 75.4 Å². The number of hydrogen-bond donors (Lipinski definition) is 2. The summed E-state index contributed by atoms with van der Waals surface area (Å²) in [5.41, 5.74) is 1.55. The van der Waals surface area contributed by atoms with Gasteiger partial charge >= 0.3 is 0 Å². The second-order valence-corrected chi connectivity index (χ2v) is 4.51. The molecule has 5 heteroatoms. The first kappa shape index (κ1) is 13.4. The first-order chi connectivity index (χ1) is 7.90. The second kappa shape index (κ2) is 5.63. The molecule has 0 fully saturated rings. The number of aryl methyl sites for hydroxylation is 1. The van der Waals surface area contributed by atoms with Gasteiger partial charge in [-0.1, -0.05) is 13.8 Å². The maximum atomic E-state index is 10.7. The standard InChI is InChI=1S/C12H18N2O3/c1-8(2)12(15)7-13-10-4-9(3)5-11(6-10)14(16)17/h4-6,8,12-13,15H,7H2,1-3H3. The van der Waals surface area contributed by atoms with Gasteiger partial charge in [0, 0.05) is 24.4 Å². The molecule has 0 heterocycles. The van der Waals surface area contributed by atoms with Crippen molar-refractivity contribution in [2.75, 3.05) is 11.9 Å². The quantitative estimate of drug-likeness (QED) is 0.609. The van der Waals surface area contributed by atoms with Gasteiger partial charge in [0.2, 0.25) is 0 Å². The Morgan fingerprint density at radius 1 is 1.41 bits per heavy atom. The van der Waals surface area contributed by atoms with Gasteiger partial charge in [0.05, 0.1) is 11.0 Å². The van der Waals surface area contributed by atoms with E-state index in [0.717, 1.165) is 5.56 Å². The number of benzene rings is 1. The van der Waals surface area contributed by atoms with E-state index in [4.69, 9.17) is 0 Å². The molecule has 0 bridgehead atoms. The van der Waals surface area contributed by atoms with Crippen LogP contribution in [-0.4, -0.2) is 22.7 Å². The fraction of sp³-hybridized carbons (Fsp3) is 0.500. The number of nitrogens with one attached hydrogen (secondary N) is 1. The van der Waals surface area contributed by atoms with Crippen LogP contribution in [0.4, 0.5) is 11.4 Å². The number of nitro groups is 1. The minimum absolute atomic E-state index is 0.0616. The summed E-state index contributed by atoms with van der Waals surface area (Å²) in [7, 11) is 0. The Labute approximate surface area is 101 Å². The van der Waals surface area contributed by atoms with Crippen LogP contribution in [-0.2, 0) is 0 Å². The second-order valence-electron chi connectivity index (χ2n) is 4.51. The number of anilines is 1. The average Bonchev–Trinajstić information content (AvgIpc) is 2.24. The third kappa shape index (κ3) is 4.03. The molecule has 0 saturated heterocycles. The predicted octanol–water partition coefficient (Wildman–Crippen LogP) is 2.33.